The summed E-state index contributed by atoms with van der Waals surface area (Å²) in [4.78, 5) is 14.2. The van der Waals surface area contributed by atoms with Crippen molar-refractivity contribution in [1.82, 2.24) is 4.90 Å². The van der Waals surface area contributed by atoms with Crippen LogP contribution in [0.5, 0.6) is 5.75 Å². The van der Waals surface area contributed by atoms with E-state index in [1.165, 1.54) is 12.8 Å². The largest absolute Gasteiger partial charge is 0.494 e. The summed E-state index contributed by atoms with van der Waals surface area (Å²) in [5, 5.41) is 0. The molecule has 1 fully saturated rings. The molecule has 1 aromatic rings. The molecule has 0 atom stereocenters. The third-order valence-electron chi connectivity index (χ3n) is 3.70. The van der Waals surface area contributed by atoms with Crippen LogP contribution in [0.25, 0.3) is 0 Å². The molecule has 0 spiro atoms. The summed E-state index contributed by atoms with van der Waals surface area (Å²) in [6.45, 7) is 6.40. The zero-order chi connectivity index (χ0) is 14.9. The molecule has 4 nitrogen and oxygen atoms in total. The van der Waals surface area contributed by atoms with Crippen molar-refractivity contribution in [3.8, 4) is 5.75 Å². The Morgan fingerprint density at radius 1 is 1.14 bits per heavy atom. The molecular weight excluding hydrogens is 266 g/mol. The van der Waals surface area contributed by atoms with Crippen molar-refractivity contribution in [2.45, 2.75) is 32.6 Å². The highest BCUT2D eigenvalue weighted by atomic mass is 16.5. The highest BCUT2D eigenvalue weighted by molar-refractivity contribution is 5.89. The van der Waals surface area contributed by atoms with Gasteiger partial charge in [0.05, 0.1) is 12.2 Å². The zero-order valence-electron chi connectivity index (χ0n) is 12.8. The predicted octanol–water partition coefficient (Wildman–Crippen LogP) is 3.12. The lowest BCUT2D eigenvalue weighted by molar-refractivity contribution is 0.0472. The molecule has 1 aliphatic rings. The first-order valence-corrected chi connectivity index (χ1v) is 7.92. The Morgan fingerprint density at radius 3 is 2.52 bits per heavy atom. The van der Waals surface area contributed by atoms with Gasteiger partial charge in [-0.3, -0.25) is 4.90 Å². The third kappa shape index (κ3) is 5.38. The number of nitrogens with zero attached hydrogens (tertiary/aromatic N) is 1. The van der Waals surface area contributed by atoms with Crippen molar-refractivity contribution < 1.29 is 14.3 Å². The number of esters is 1. The van der Waals surface area contributed by atoms with E-state index in [9.17, 15) is 4.79 Å². The van der Waals surface area contributed by atoms with Crippen molar-refractivity contribution in [3.05, 3.63) is 29.8 Å². The van der Waals surface area contributed by atoms with Gasteiger partial charge in [0.1, 0.15) is 12.4 Å². The lowest BCUT2D eigenvalue weighted by atomic mass is 10.2. The van der Waals surface area contributed by atoms with Crippen LogP contribution in [0.1, 0.15) is 43.0 Å². The van der Waals surface area contributed by atoms with Gasteiger partial charge in [-0.2, -0.15) is 0 Å². The first-order valence-electron chi connectivity index (χ1n) is 7.92. The summed E-state index contributed by atoms with van der Waals surface area (Å²) in [7, 11) is 0. The first kappa shape index (κ1) is 15.8. The summed E-state index contributed by atoms with van der Waals surface area (Å²) in [6, 6.07) is 7.18. The fourth-order valence-corrected chi connectivity index (χ4v) is 2.38. The molecule has 0 radical (unpaired) electrons. The van der Waals surface area contributed by atoms with Crippen molar-refractivity contribution >= 4 is 5.97 Å². The van der Waals surface area contributed by atoms with E-state index in [0.29, 0.717) is 12.2 Å². The lowest BCUT2D eigenvalue weighted by Gasteiger charge is -2.14. The van der Waals surface area contributed by atoms with Crippen molar-refractivity contribution in [3.63, 3.8) is 0 Å². The van der Waals surface area contributed by atoms with Crippen LogP contribution in [0.3, 0.4) is 0 Å². The monoisotopic (exact) mass is 291 g/mol. The van der Waals surface area contributed by atoms with E-state index in [2.05, 4.69) is 11.8 Å². The van der Waals surface area contributed by atoms with Crippen molar-refractivity contribution in [1.29, 1.82) is 0 Å². The van der Waals surface area contributed by atoms with Crippen molar-refractivity contribution in [2.75, 3.05) is 32.8 Å². The molecule has 1 aliphatic heterocycles. The normalized spacial score (nSPS) is 15.1. The zero-order valence-corrected chi connectivity index (χ0v) is 12.8. The molecule has 4 heteroatoms. The van der Waals surface area contributed by atoms with Gasteiger partial charge in [0, 0.05) is 6.54 Å². The van der Waals surface area contributed by atoms with Gasteiger partial charge in [0.2, 0.25) is 0 Å². The Labute approximate surface area is 127 Å². The molecule has 116 valence electrons. The summed E-state index contributed by atoms with van der Waals surface area (Å²) < 4.78 is 10.9. The van der Waals surface area contributed by atoms with Crippen LogP contribution in [0.15, 0.2) is 24.3 Å². The van der Waals surface area contributed by atoms with E-state index < -0.39 is 0 Å². The average Bonchev–Trinajstić information content (AvgIpc) is 3.01. The maximum Gasteiger partial charge on any atom is 0.338 e. The number of ether oxygens (including phenoxy) is 2. The maximum absolute atomic E-state index is 11.9. The second-order valence-electron chi connectivity index (χ2n) is 5.41. The second-order valence-corrected chi connectivity index (χ2v) is 5.41. The van der Waals surface area contributed by atoms with Crippen molar-refractivity contribution in [2.24, 2.45) is 0 Å². The van der Waals surface area contributed by atoms with Crippen LogP contribution in [0.2, 0.25) is 0 Å². The molecule has 0 saturated carbocycles. The molecule has 1 heterocycles. The van der Waals surface area contributed by atoms with Gasteiger partial charge in [-0.25, -0.2) is 4.79 Å². The molecule has 0 N–H and O–H groups in total. The van der Waals surface area contributed by atoms with Gasteiger partial charge in [-0.15, -0.1) is 0 Å². The van der Waals surface area contributed by atoms with Gasteiger partial charge in [0.15, 0.2) is 0 Å². The Balaban J connectivity index is 1.71. The van der Waals surface area contributed by atoms with Gasteiger partial charge < -0.3 is 9.47 Å². The molecule has 1 saturated heterocycles. The Bertz CT molecular complexity index is 424. The molecule has 2 rings (SSSR count). The number of hydrogen-bond acceptors (Lipinski definition) is 4. The number of benzene rings is 1. The molecule has 1 aromatic carbocycles. The topological polar surface area (TPSA) is 38.8 Å². The second kappa shape index (κ2) is 8.67. The van der Waals surface area contributed by atoms with E-state index in [0.717, 1.165) is 44.8 Å². The molecule has 0 aliphatic carbocycles. The summed E-state index contributed by atoms with van der Waals surface area (Å²) >= 11 is 0. The van der Waals surface area contributed by atoms with Gasteiger partial charge in [0.25, 0.3) is 0 Å². The minimum Gasteiger partial charge on any atom is -0.494 e. The minimum atomic E-state index is -0.255. The highest BCUT2D eigenvalue weighted by Crippen LogP contribution is 2.13. The number of hydrogen-bond donors (Lipinski definition) is 0. The van der Waals surface area contributed by atoms with E-state index in [1.54, 1.807) is 12.1 Å². The summed E-state index contributed by atoms with van der Waals surface area (Å²) in [5.41, 5.74) is 0.583. The average molecular weight is 291 g/mol. The van der Waals surface area contributed by atoms with Gasteiger partial charge >= 0.3 is 5.97 Å². The summed E-state index contributed by atoms with van der Waals surface area (Å²) in [5.74, 6) is 0.548. The van der Waals surface area contributed by atoms with Crippen LogP contribution < -0.4 is 4.74 Å². The molecule has 0 unspecified atom stereocenters. The number of carbonyl (C=O) groups is 1. The Morgan fingerprint density at radius 2 is 1.86 bits per heavy atom. The maximum atomic E-state index is 11.9. The summed E-state index contributed by atoms with van der Waals surface area (Å²) in [6.07, 6.45) is 4.67. The SMILES string of the molecule is CCCCOc1ccc(C(=O)OCCN2CCCC2)cc1. The minimum absolute atomic E-state index is 0.255. The van der Waals surface area contributed by atoms with E-state index in [1.807, 2.05) is 12.1 Å². The van der Waals surface area contributed by atoms with Gasteiger partial charge in [-0.1, -0.05) is 13.3 Å². The Hall–Kier alpha value is -1.55. The smallest absolute Gasteiger partial charge is 0.338 e. The number of rotatable bonds is 8. The number of carbonyl (C=O) groups excluding carboxylic acids is 1. The van der Waals surface area contributed by atoms with Crippen LogP contribution in [0.4, 0.5) is 0 Å². The fourth-order valence-electron chi connectivity index (χ4n) is 2.38. The quantitative estimate of drug-likeness (QED) is 0.545. The van der Waals surface area contributed by atoms with Gasteiger partial charge in [-0.05, 0) is 56.6 Å². The van der Waals surface area contributed by atoms with Crippen LogP contribution in [-0.2, 0) is 4.74 Å². The fraction of sp³-hybridized carbons (Fsp3) is 0.588. The molecule has 0 aromatic heterocycles. The third-order valence-corrected chi connectivity index (χ3v) is 3.70. The number of likely N-dealkylation sites (tertiary alicyclic amines) is 1. The molecule has 21 heavy (non-hydrogen) atoms. The molecule has 0 amide bonds. The first-order chi connectivity index (χ1) is 10.3. The van der Waals surface area contributed by atoms with E-state index in [4.69, 9.17) is 9.47 Å². The molecule has 0 bridgehead atoms. The van der Waals surface area contributed by atoms with E-state index >= 15 is 0 Å². The van der Waals surface area contributed by atoms with Crippen LogP contribution >= 0.6 is 0 Å². The Kier molecular flexibility index (Phi) is 6.54. The van der Waals surface area contributed by atoms with E-state index in [-0.39, 0.29) is 5.97 Å². The standard InChI is InChI=1S/C17H25NO3/c1-2-3-13-20-16-8-6-15(7-9-16)17(19)21-14-12-18-10-4-5-11-18/h6-9H,2-5,10-14H2,1H3. The lowest BCUT2D eigenvalue weighted by Crippen LogP contribution is -2.25. The van der Waals surface area contributed by atoms with Crippen LogP contribution in [-0.4, -0.2) is 43.7 Å². The highest BCUT2D eigenvalue weighted by Gasteiger charge is 2.12. The molecular formula is C17H25NO3. The van der Waals surface area contributed by atoms with Crippen LogP contribution in [0, 0.1) is 0 Å². The predicted molar refractivity (Wildman–Crippen MR) is 82.8 cm³/mol. The number of unbranched alkanes of at least 4 members (excludes halogenated alkanes) is 1.